The van der Waals surface area contributed by atoms with E-state index in [0.717, 1.165) is 36.0 Å². The van der Waals surface area contributed by atoms with Gasteiger partial charge in [-0.05, 0) is 24.1 Å². The predicted octanol–water partition coefficient (Wildman–Crippen LogP) is 3.95. The summed E-state index contributed by atoms with van der Waals surface area (Å²) in [7, 11) is 0. The van der Waals surface area contributed by atoms with Crippen LogP contribution in [-0.2, 0) is 12.8 Å². The molecule has 0 saturated heterocycles. The molecule has 0 amide bonds. The van der Waals surface area contributed by atoms with Gasteiger partial charge in [-0.1, -0.05) is 20.3 Å². The number of fused-ring (bicyclic) bond motifs is 1. The highest BCUT2D eigenvalue weighted by atomic mass is 32.1. The monoisotopic (exact) mass is 316 g/mol. The van der Waals surface area contributed by atoms with Crippen LogP contribution in [0.25, 0.3) is 11.0 Å². The Balaban J connectivity index is 1.97. The van der Waals surface area contributed by atoms with Crippen molar-refractivity contribution >= 4 is 22.5 Å². The summed E-state index contributed by atoms with van der Waals surface area (Å²) in [6, 6.07) is 7.06. The van der Waals surface area contributed by atoms with E-state index in [1.165, 1.54) is 11.5 Å². The van der Waals surface area contributed by atoms with E-state index in [1.54, 1.807) is 12.1 Å². The van der Waals surface area contributed by atoms with Crippen molar-refractivity contribution in [2.45, 2.75) is 33.1 Å². The van der Waals surface area contributed by atoms with Gasteiger partial charge in [0.25, 0.3) is 5.19 Å². The van der Waals surface area contributed by atoms with Crippen molar-refractivity contribution in [2.75, 3.05) is 0 Å². The Morgan fingerprint density at radius 1 is 1.27 bits per heavy atom. The van der Waals surface area contributed by atoms with Crippen LogP contribution in [0, 0.1) is 0 Å². The maximum Gasteiger partial charge on any atom is 0.336 e. The molecule has 0 atom stereocenters. The molecule has 0 aliphatic carbocycles. The molecule has 0 bridgehead atoms. The minimum Gasteiger partial charge on any atom is -0.430 e. The molecule has 5 nitrogen and oxygen atoms in total. The molecule has 0 fully saturated rings. The lowest BCUT2D eigenvalue weighted by Gasteiger charge is -2.06. The maximum absolute atomic E-state index is 11.7. The second-order valence-corrected chi connectivity index (χ2v) is 5.65. The molecule has 3 rings (SSSR count). The second kappa shape index (κ2) is 6.27. The van der Waals surface area contributed by atoms with E-state index >= 15 is 0 Å². The lowest BCUT2D eigenvalue weighted by molar-refractivity contribution is 0.475. The highest BCUT2D eigenvalue weighted by Crippen LogP contribution is 2.28. The van der Waals surface area contributed by atoms with E-state index in [9.17, 15) is 4.79 Å². The van der Waals surface area contributed by atoms with Crippen LogP contribution in [-0.4, -0.2) is 9.36 Å². The number of benzene rings is 1. The lowest BCUT2D eigenvalue weighted by Crippen LogP contribution is -2.00. The highest BCUT2D eigenvalue weighted by molar-refractivity contribution is 7.07. The lowest BCUT2D eigenvalue weighted by atomic mass is 10.1. The molecule has 114 valence electrons. The predicted molar refractivity (Wildman–Crippen MR) is 85.8 cm³/mol. The first-order chi connectivity index (χ1) is 10.7. The van der Waals surface area contributed by atoms with Crippen molar-refractivity contribution in [1.29, 1.82) is 0 Å². The zero-order valence-corrected chi connectivity index (χ0v) is 13.3. The van der Waals surface area contributed by atoms with E-state index in [1.807, 2.05) is 19.1 Å². The molecule has 0 N–H and O–H groups in total. The third-order valence-electron chi connectivity index (χ3n) is 3.29. The number of hydrogen-bond donors (Lipinski definition) is 0. The standard InChI is InChI=1S/C16H16N2O3S/c1-3-5-10-8-15(19)21-13-9-11(6-7-12(10)13)20-16-17-14(4-2)18-22-16/h6-9H,3-5H2,1-2H3. The van der Waals surface area contributed by atoms with Crippen molar-refractivity contribution < 1.29 is 9.15 Å². The second-order valence-electron chi connectivity index (χ2n) is 4.93. The number of nitrogens with zero attached hydrogens (tertiary/aromatic N) is 2. The fourth-order valence-electron chi connectivity index (χ4n) is 2.27. The summed E-state index contributed by atoms with van der Waals surface area (Å²) in [5.74, 6) is 1.35. The fourth-order valence-corrected chi connectivity index (χ4v) is 2.91. The first kappa shape index (κ1) is 14.7. The molecule has 0 unspecified atom stereocenters. The number of aryl methyl sites for hydroxylation is 2. The summed E-state index contributed by atoms with van der Waals surface area (Å²) >= 11 is 1.21. The van der Waals surface area contributed by atoms with Gasteiger partial charge in [0.05, 0.1) is 0 Å². The number of rotatable bonds is 5. The Morgan fingerprint density at radius 2 is 2.14 bits per heavy atom. The van der Waals surface area contributed by atoms with Crippen molar-refractivity contribution in [3.8, 4) is 10.9 Å². The van der Waals surface area contributed by atoms with Crippen molar-refractivity contribution in [3.05, 3.63) is 46.1 Å². The molecule has 6 heteroatoms. The van der Waals surface area contributed by atoms with Gasteiger partial charge in [0.15, 0.2) is 0 Å². The molecule has 0 saturated carbocycles. The van der Waals surface area contributed by atoms with Crippen molar-refractivity contribution in [1.82, 2.24) is 9.36 Å². The molecule has 22 heavy (non-hydrogen) atoms. The Kier molecular flexibility index (Phi) is 4.20. The van der Waals surface area contributed by atoms with Crippen LogP contribution in [0.5, 0.6) is 10.9 Å². The van der Waals surface area contributed by atoms with Crippen LogP contribution in [0.2, 0.25) is 0 Å². The summed E-state index contributed by atoms with van der Waals surface area (Å²) < 4.78 is 15.2. The number of hydrogen-bond acceptors (Lipinski definition) is 6. The zero-order valence-electron chi connectivity index (χ0n) is 12.5. The normalized spacial score (nSPS) is 11.0. The molecule has 1 aromatic carbocycles. The zero-order chi connectivity index (χ0) is 15.5. The summed E-state index contributed by atoms with van der Waals surface area (Å²) in [4.78, 5) is 15.9. The molecule has 0 radical (unpaired) electrons. The minimum atomic E-state index is -0.336. The minimum absolute atomic E-state index is 0.336. The van der Waals surface area contributed by atoms with Gasteiger partial charge in [-0.15, -0.1) is 0 Å². The Bertz CT molecular complexity index is 854. The van der Waals surface area contributed by atoms with Crippen LogP contribution >= 0.6 is 11.5 Å². The first-order valence-electron chi connectivity index (χ1n) is 7.26. The van der Waals surface area contributed by atoms with Gasteiger partial charge in [-0.3, -0.25) is 0 Å². The molecule has 0 aliphatic heterocycles. The van der Waals surface area contributed by atoms with Gasteiger partial charge in [-0.2, -0.15) is 9.36 Å². The van der Waals surface area contributed by atoms with Crippen molar-refractivity contribution in [3.63, 3.8) is 0 Å². The average molecular weight is 316 g/mol. The Hall–Kier alpha value is -2.21. The van der Waals surface area contributed by atoms with E-state index in [4.69, 9.17) is 9.15 Å². The van der Waals surface area contributed by atoms with Gasteiger partial charge in [0, 0.05) is 35.5 Å². The van der Waals surface area contributed by atoms with Crippen LogP contribution in [0.15, 0.2) is 33.5 Å². The Morgan fingerprint density at radius 3 is 2.86 bits per heavy atom. The summed E-state index contributed by atoms with van der Waals surface area (Å²) in [5, 5.41) is 1.43. The van der Waals surface area contributed by atoms with Gasteiger partial charge in [0.2, 0.25) is 0 Å². The van der Waals surface area contributed by atoms with E-state index in [-0.39, 0.29) is 5.63 Å². The summed E-state index contributed by atoms with van der Waals surface area (Å²) in [5.41, 5.74) is 1.20. The molecule has 2 heterocycles. The molecular formula is C16H16N2O3S. The molecule has 3 aromatic rings. The topological polar surface area (TPSA) is 65.2 Å². The van der Waals surface area contributed by atoms with Gasteiger partial charge in [-0.25, -0.2) is 4.79 Å². The van der Waals surface area contributed by atoms with E-state index in [2.05, 4.69) is 16.3 Å². The molecule has 0 spiro atoms. The fraction of sp³-hybridized carbons (Fsp3) is 0.312. The van der Waals surface area contributed by atoms with Crippen LogP contribution < -0.4 is 10.4 Å². The largest absolute Gasteiger partial charge is 0.430 e. The highest BCUT2D eigenvalue weighted by Gasteiger charge is 2.09. The van der Waals surface area contributed by atoms with E-state index < -0.39 is 0 Å². The first-order valence-corrected chi connectivity index (χ1v) is 8.04. The maximum atomic E-state index is 11.7. The van der Waals surface area contributed by atoms with Crippen LogP contribution in [0.1, 0.15) is 31.7 Å². The van der Waals surface area contributed by atoms with Gasteiger partial charge < -0.3 is 9.15 Å². The van der Waals surface area contributed by atoms with Gasteiger partial charge in [0.1, 0.15) is 17.2 Å². The summed E-state index contributed by atoms with van der Waals surface area (Å²) in [6.07, 6.45) is 2.59. The SMILES string of the molecule is CCCc1cc(=O)oc2cc(Oc3nc(CC)ns3)ccc12. The number of ether oxygens (including phenoxy) is 1. The third kappa shape index (κ3) is 3.01. The summed E-state index contributed by atoms with van der Waals surface area (Å²) in [6.45, 7) is 4.07. The Labute approximate surface area is 131 Å². The molecular weight excluding hydrogens is 300 g/mol. The van der Waals surface area contributed by atoms with Gasteiger partial charge >= 0.3 is 5.63 Å². The van der Waals surface area contributed by atoms with E-state index in [0.29, 0.717) is 16.5 Å². The third-order valence-corrected chi connectivity index (χ3v) is 3.92. The van der Waals surface area contributed by atoms with Crippen LogP contribution in [0.4, 0.5) is 0 Å². The smallest absolute Gasteiger partial charge is 0.336 e. The molecule has 0 aliphatic rings. The average Bonchev–Trinajstić information content (AvgIpc) is 2.94. The van der Waals surface area contributed by atoms with Crippen molar-refractivity contribution in [2.24, 2.45) is 0 Å². The molecule has 2 aromatic heterocycles. The van der Waals surface area contributed by atoms with Crippen LogP contribution in [0.3, 0.4) is 0 Å². The number of aromatic nitrogens is 2. The quantitative estimate of drug-likeness (QED) is 0.667.